The van der Waals surface area contributed by atoms with Gasteiger partial charge < -0.3 is 4.98 Å². The molecule has 0 spiro atoms. The fourth-order valence-electron chi connectivity index (χ4n) is 3.27. The smallest absolute Gasteiger partial charge is 0.158 e. The number of aromatic nitrogens is 5. The van der Waals surface area contributed by atoms with E-state index in [2.05, 4.69) is 60.0 Å². The number of aromatic amines is 1. The van der Waals surface area contributed by atoms with Gasteiger partial charge in [-0.15, -0.1) is 0 Å². The second-order valence-corrected chi connectivity index (χ2v) is 6.29. The van der Waals surface area contributed by atoms with Crippen LogP contribution in [-0.2, 0) is 0 Å². The van der Waals surface area contributed by atoms with Crippen molar-refractivity contribution in [1.82, 2.24) is 24.6 Å². The van der Waals surface area contributed by atoms with Crippen LogP contribution in [0.3, 0.4) is 0 Å². The molecular weight excluding hydrogens is 286 g/mol. The summed E-state index contributed by atoms with van der Waals surface area (Å²) in [5.74, 6) is 0.375. The van der Waals surface area contributed by atoms with E-state index in [-0.39, 0.29) is 0 Å². The molecule has 4 aromatic heterocycles. The quantitative estimate of drug-likeness (QED) is 0.608. The number of hydrogen-bond donors (Lipinski definition) is 1. The first kappa shape index (κ1) is 13.9. The lowest BCUT2D eigenvalue weighted by Crippen LogP contribution is -1.99. The molecule has 0 atom stereocenters. The number of H-pyrrole nitrogens is 1. The predicted molar refractivity (Wildman–Crippen MR) is 91.6 cm³/mol. The molecule has 5 nitrogen and oxygen atoms in total. The van der Waals surface area contributed by atoms with Crippen molar-refractivity contribution >= 4 is 16.7 Å². The molecule has 0 aliphatic heterocycles. The zero-order valence-electron chi connectivity index (χ0n) is 13.8. The third kappa shape index (κ3) is 1.96. The summed E-state index contributed by atoms with van der Waals surface area (Å²) in [5, 5.41) is 4.31. The van der Waals surface area contributed by atoms with Gasteiger partial charge >= 0.3 is 0 Å². The van der Waals surface area contributed by atoms with E-state index >= 15 is 0 Å². The summed E-state index contributed by atoms with van der Waals surface area (Å²) in [6, 6.07) is 4.04. The molecule has 23 heavy (non-hydrogen) atoms. The van der Waals surface area contributed by atoms with Crippen molar-refractivity contribution in [2.24, 2.45) is 0 Å². The van der Waals surface area contributed by atoms with Gasteiger partial charge in [0.15, 0.2) is 5.65 Å². The molecular formula is C18H19N5. The second-order valence-electron chi connectivity index (χ2n) is 6.29. The van der Waals surface area contributed by atoms with Crippen LogP contribution in [0.2, 0.25) is 0 Å². The molecule has 0 bridgehead atoms. The van der Waals surface area contributed by atoms with E-state index in [0.717, 1.165) is 33.5 Å². The Morgan fingerprint density at radius 3 is 2.74 bits per heavy atom. The lowest BCUT2D eigenvalue weighted by molar-refractivity contribution is 0.873. The van der Waals surface area contributed by atoms with Crippen LogP contribution < -0.4 is 0 Å². The molecule has 0 aliphatic rings. The fraction of sp³-hybridized carbons (Fsp3) is 0.278. The highest BCUT2D eigenvalue weighted by Crippen LogP contribution is 2.36. The van der Waals surface area contributed by atoms with E-state index in [1.807, 2.05) is 16.8 Å². The van der Waals surface area contributed by atoms with Gasteiger partial charge in [0.1, 0.15) is 6.33 Å². The van der Waals surface area contributed by atoms with Crippen LogP contribution in [0.15, 0.2) is 30.9 Å². The summed E-state index contributed by atoms with van der Waals surface area (Å²) in [6.45, 7) is 8.65. The van der Waals surface area contributed by atoms with Crippen molar-refractivity contribution in [3.8, 4) is 11.3 Å². The third-order valence-electron chi connectivity index (χ3n) is 4.56. The lowest BCUT2D eigenvalue weighted by Gasteiger charge is -2.13. The zero-order chi connectivity index (χ0) is 16.1. The maximum atomic E-state index is 4.59. The second kappa shape index (κ2) is 4.91. The molecule has 0 radical (unpaired) electrons. The highest BCUT2D eigenvalue weighted by Gasteiger charge is 2.20. The van der Waals surface area contributed by atoms with Gasteiger partial charge in [-0.1, -0.05) is 13.8 Å². The molecule has 0 saturated carbocycles. The Morgan fingerprint density at radius 2 is 1.96 bits per heavy atom. The van der Waals surface area contributed by atoms with Gasteiger partial charge in [0, 0.05) is 23.5 Å². The maximum absolute atomic E-state index is 4.59. The highest BCUT2D eigenvalue weighted by molar-refractivity contribution is 5.89. The van der Waals surface area contributed by atoms with Crippen LogP contribution >= 0.6 is 0 Å². The predicted octanol–water partition coefficient (Wildman–Crippen LogP) is 4.01. The molecule has 1 N–H and O–H groups in total. The van der Waals surface area contributed by atoms with E-state index in [1.165, 1.54) is 11.1 Å². The largest absolute Gasteiger partial charge is 0.353 e. The molecule has 0 amide bonds. The number of nitrogens with zero attached hydrogens (tertiary/aromatic N) is 4. The number of hydrogen-bond acceptors (Lipinski definition) is 3. The topological polar surface area (TPSA) is 58.9 Å². The number of aryl methyl sites for hydroxylation is 1. The van der Waals surface area contributed by atoms with Gasteiger partial charge in [-0.25, -0.2) is 9.50 Å². The minimum absolute atomic E-state index is 0.375. The van der Waals surface area contributed by atoms with Crippen molar-refractivity contribution in [3.63, 3.8) is 0 Å². The molecule has 5 heteroatoms. The molecule has 4 aromatic rings. The first-order chi connectivity index (χ1) is 11.1. The van der Waals surface area contributed by atoms with Crippen LogP contribution in [0, 0.1) is 13.8 Å². The monoisotopic (exact) mass is 305 g/mol. The third-order valence-corrected chi connectivity index (χ3v) is 4.56. The summed E-state index contributed by atoms with van der Waals surface area (Å²) in [6.07, 6.45) is 5.51. The number of rotatable bonds is 2. The van der Waals surface area contributed by atoms with Crippen LogP contribution in [0.5, 0.6) is 0 Å². The Labute approximate surface area is 134 Å². The zero-order valence-corrected chi connectivity index (χ0v) is 13.8. The molecule has 0 saturated heterocycles. The molecule has 0 aromatic carbocycles. The standard InChI is InChI=1S/C18H19N5/c1-10(2)15-16(22-14-6-5-7-19-17(14)15)13-8-23-18(20-9-21-23)12(4)11(13)3/h5-10,22H,1-4H3. The van der Waals surface area contributed by atoms with Gasteiger partial charge in [-0.2, -0.15) is 5.10 Å². The molecule has 0 fully saturated rings. The first-order valence-corrected chi connectivity index (χ1v) is 7.84. The average Bonchev–Trinajstić information content (AvgIpc) is 3.14. The Bertz CT molecular complexity index is 1020. The molecule has 4 rings (SSSR count). The van der Waals surface area contributed by atoms with Crippen molar-refractivity contribution in [1.29, 1.82) is 0 Å². The van der Waals surface area contributed by atoms with Crippen molar-refractivity contribution in [3.05, 3.63) is 47.5 Å². The average molecular weight is 305 g/mol. The van der Waals surface area contributed by atoms with Crippen molar-refractivity contribution in [2.45, 2.75) is 33.6 Å². The van der Waals surface area contributed by atoms with Gasteiger partial charge in [0.05, 0.1) is 16.7 Å². The number of fused-ring (bicyclic) bond motifs is 2. The Hall–Kier alpha value is -2.69. The lowest BCUT2D eigenvalue weighted by atomic mass is 9.95. The van der Waals surface area contributed by atoms with E-state index in [9.17, 15) is 0 Å². The Kier molecular flexibility index (Phi) is 2.98. The normalized spacial score (nSPS) is 11.9. The molecule has 0 aliphatic carbocycles. The van der Waals surface area contributed by atoms with Crippen LogP contribution in [0.25, 0.3) is 27.9 Å². The number of pyridine rings is 2. The van der Waals surface area contributed by atoms with Crippen LogP contribution in [0.1, 0.15) is 36.5 Å². The van der Waals surface area contributed by atoms with Gasteiger partial charge in [0.25, 0.3) is 0 Å². The van der Waals surface area contributed by atoms with Crippen molar-refractivity contribution < 1.29 is 0 Å². The first-order valence-electron chi connectivity index (χ1n) is 7.84. The van der Waals surface area contributed by atoms with E-state index in [0.29, 0.717) is 5.92 Å². The molecule has 4 heterocycles. The highest BCUT2D eigenvalue weighted by atomic mass is 15.3. The van der Waals surface area contributed by atoms with Crippen LogP contribution in [-0.4, -0.2) is 24.6 Å². The fourth-order valence-corrected chi connectivity index (χ4v) is 3.27. The summed E-state index contributed by atoms with van der Waals surface area (Å²) in [4.78, 5) is 12.5. The van der Waals surface area contributed by atoms with E-state index in [1.54, 1.807) is 6.33 Å². The number of nitrogens with one attached hydrogen (secondary N) is 1. The van der Waals surface area contributed by atoms with Gasteiger partial charge in [-0.05, 0) is 43.0 Å². The van der Waals surface area contributed by atoms with Crippen molar-refractivity contribution in [2.75, 3.05) is 0 Å². The summed E-state index contributed by atoms with van der Waals surface area (Å²) >= 11 is 0. The van der Waals surface area contributed by atoms with E-state index < -0.39 is 0 Å². The van der Waals surface area contributed by atoms with Crippen LogP contribution in [0.4, 0.5) is 0 Å². The Balaban J connectivity index is 2.10. The summed E-state index contributed by atoms with van der Waals surface area (Å²) in [7, 11) is 0. The summed E-state index contributed by atoms with van der Waals surface area (Å²) < 4.78 is 1.85. The maximum Gasteiger partial charge on any atom is 0.158 e. The van der Waals surface area contributed by atoms with Gasteiger partial charge in [-0.3, -0.25) is 4.98 Å². The SMILES string of the molecule is Cc1c(-c2[nH]c3cccnc3c2C(C)C)cn2ncnc2c1C. The molecule has 116 valence electrons. The summed E-state index contributed by atoms with van der Waals surface area (Å²) in [5.41, 5.74) is 8.94. The molecule has 0 unspecified atom stereocenters. The minimum atomic E-state index is 0.375. The van der Waals surface area contributed by atoms with Gasteiger partial charge in [0.2, 0.25) is 0 Å². The minimum Gasteiger partial charge on any atom is -0.353 e. The Morgan fingerprint density at radius 1 is 1.13 bits per heavy atom. The van der Waals surface area contributed by atoms with E-state index in [4.69, 9.17) is 0 Å².